The Hall–Kier alpha value is -2.77. The van der Waals surface area contributed by atoms with Crippen LogP contribution in [0.15, 0.2) is 99.6 Å². The van der Waals surface area contributed by atoms with E-state index in [9.17, 15) is 14.3 Å². The van der Waals surface area contributed by atoms with Gasteiger partial charge in [0.15, 0.2) is 0 Å². The summed E-state index contributed by atoms with van der Waals surface area (Å²) in [5, 5.41) is 11.6. The summed E-state index contributed by atoms with van der Waals surface area (Å²) in [5.74, 6) is -6.89. The van der Waals surface area contributed by atoms with Gasteiger partial charge in [0.2, 0.25) is 0 Å². The van der Waals surface area contributed by atoms with Gasteiger partial charge in [0.25, 0.3) is 0 Å². The monoisotopic (exact) mass is 526 g/mol. The molecule has 0 spiro atoms. The van der Waals surface area contributed by atoms with Crippen LogP contribution in [0.25, 0.3) is 0 Å². The molecule has 1 N–H and O–H groups in total. The Morgan fingerprint density at radius 1 is 0.757 bits per heavy atom. The largest absolute Gasteiger partial charge is 0.397 e. The minimum atomic E-state index is -4.10. The van der Waals surface area contributed by atoms with Gasteiger partial charge < -0.3 is 9.29 Å². The van der Waals surface area contributed by atoms with Gasteiger partial charge in [-0.1, -0.05) is 36.4 Å². The van der Waals surface area contributed by atoms with Crippen molar-refractivity contribution in [3.05, 3.63) is 90.7 Å². The highest BCUT2D eigenvalue weighted by atomic mass is 32.3. The van der Waals surface area contributed by atoms with Gasteiger partial charge in [-0.25, -0.2) is 9.18 Å². The van der Waals surface area contributed by atoms with Gasteiger partial charge in [-0.2, -0.15) is 8.78 Å². The van der Waals surface area contributed by atoms with E-state index >= 15 is 8.78 Å². The molecule has 7 heteroatoms. The number of benzene rings is 3. The summed E-state index contributed by atoms with van der Waals surface area (Å²) < 4.78 is 52.6. The van der Waals surface area contributed by atoms with Gasteiger partial charge >= 0.3 is 11.9 Å². The van der Waals surface area contributed by atoms with Crippen molar-refractivity contribution < 1.29 is 27.3 Å². The summed E-state index contributed by atoms with van der Waals surface area (Å²) >= 11 is 0. The highest BCUT2D eigenvalue weighted by Gasteiger charge is 2.71. The van der Waals surface area contributed by atoms with Crippen LogP contribution in [0.1, 0.15) is 32.1 Å². The van der Waals surface area contributed by atoms with Crippen LogP contribution in [0.3, 0.4) is 0 Å². The molecule has 4 aliphatic rings. The minimum Gasteiger partial charge on any atom is -0.397 e. The van der Waals surface area contributed by atoms with Crippen LogP contribution < -0.4 is 0 Å². The lowest BCUT2D eigenvalue weighted by atomic mass is 9.48. The SMILES string of the molecule is O=C(OS(c1ccccc1)(c1ccccc1)c1ccc(F)cc1)C(F)(F)C1(O)C2CC3CC(C2)CC1C3. The summed E-state index contributed by atoms with van der Waals surface area (Å²) in [7, 11) is -3.03. The van der Waals surface area contributed by atoms with Crippen LogP contribution >= 0.6 is 10.3 Å². The minimum absolute atomic E-state index is 0.340. The fraction of sp³-hybridized carbons (Fsp3) is 0.367. The van der Waals surface area contributed by atoms with Gasteiger partial charge in [-0.15, -0.1) is 0 Å². The van der Waals surface area contributed by atoms with Crippen LogP contribution in [0, 0.1) is 29.5 Å². The fourth-order valence-electron chi connectivity index (χ4n) is 7.15. The van der Waals surface area contributed by atoms with E-state index in [1.165, 1.54) is 24.3 Å². The second kappa shape index (κ2) is 8.91. The molecular weight excluding hydrogens is 497 g/mol. The maximum Gasteiger partial charge on any atom is 0.391 e. The summed E-state index contributed by atoms with van der Waals surface area (Å²) in [6, 6.07) is 22.9. The average Bonchev–Trinajstić information content (AvgIpc) is 2.91. The third-order valence-corrected chi connectivity index (χ3v) is 11.8. The lowest BCUT2D eigenvalue weighted by molar-refractivity contribution is -0.277. The van der Waals surface area contributed by atoms with Gasteiger partial charge in [0.05, 0.1) is 0 Å². The Labute approximate surface area is 216 Å². The normalized spacial score (nSPS) is 29.2. The van der Waals surface area contributed by atoms with Crippen molar-refractivity contribution >= 4 is 16.3 Å². The first-order valence-corrected chi connectivity index (χ1v) is 14.3. The molecule has 3 nitrogen and oxygen atoms in total. The van der Waals surface area contributed by atoms with Crippen molar-refractivity contribution in [2.24, 2.45) is 23.7 Å². The summed E-state index contributed by atoms with van der Waals surface area (Å²) in [6.07, 6.45) is 3.08. The van der Waals surface area contributed by atoms with Gasteiger partial charge in [-0.3, -0.25) is 0 Å². The Kier molecular flexibility index (Phi) is 5.92. The number of halogens is 3. The first-order chi connectivity index (χ1) is 17.7. The van der Waals surface area contributed by atoms with E-state index in [4.69, 9.17) is 4.18 Å². The number of alkyl halides is 2. The van der Waals surface area contributed by atoms with Crippen molar-refractivity contribution in [1.82, 2.24) is 0 Å². The van der Waals surface area contributed by atoms with Crippen molar-refractivity contribution in [1.29, 1.82) is 0 Å². The number of carbonyl (C=O) groups is 1. The molecule has 3 aromatic rings. The maximum atomic E-state index is 16.3. The lowest BCUT2D eigenvalue weighted by Gasteiger charge is -2.60. The molecule has 4 aliphatic carbocycles. The summed E-state index contributed by atoms with van der Waals surface area (Å²) in [4.78, 5) is 15.2. The van der Waals surface area contributed by atoms with Crippen LogP contribution in [0.4, 0.5) is 13.2 Å². The van der Waals surface area contributed by atoms with Gasteiger partial charge in [0.1, 0.15) is 11.4 Å². The molecule has 0 unspecified atom stereocenters. The Morgan fingerprint density at radius 2 is 1.19 bits per heavy atom. The standard InChI is InChI=1S/C30H29F3O3S/c31-24-11-13-27(14-12-24)37(25-7-3-1-4-8-25,26-9-5-2-6-10-26)36-28(34)30(32,33)29(35)22-16-20-15-21(18-22)19-23(29)17-20/h1-14,20-23,35H,15-19H2. The molecule has 0 aromatic heterocycles. The summed E-state index contributed by atoms with van der Waals surface area (Å²) in [5.41, 5.74) is -2.43. The molecule has 0 aliphatic heterocycles. The molecule has 0 atom stereocenters. The third kappa shape index (κ3) is 3.73. The number of hydrogen-bond acceptors (Lipinski definition) is 3. The maximum absolute atomic E-state index is 16.3. The zero-order valence-corrected chi connectivity index (χ0v) is 21.1. The Balaban J connectivity index is 1.48. The quantitative estimate of drug-likeness (QED) is 0.364. The second-order valence-electron chi connectivity index (χ2n) is 10.7. The zero-order chi connectivity index (χ0) is 25.8. The third-order valence-electron chi connectivity index (χ3n) is 8.64. The van der Waals surface area contributed by atoms with E-state index in [0.717, 1.165) is 6.42 Å². The number of aliphatic hydroxyl groups is 1. The topological polar surface area (TPSA) is 46.5 Å². The molecule has 7 rings (SSSR count). The van der Waals surface area contributed by atoms with Gasteiger partial charge in [-0.05, 0) is 115 Å². The molecule has 0 saturated heterocycles. The number of hydrogen-bond donors (Lipinski definition) is 1. The molecule has 0 amide bonds. The molecule has 194 valence electrons. The molecule has 4 bridgehead atoms. The molecule has 3 aromatic carbocycles. The van der Waals surface area contributed by atoms with Crippen LogP contribution in [-0.4, -0.2) is 22.6 Å². The fourth-order valence-corrected chi connectivity index (χ4v) is 10.2. The Morgan fingerprint density at radius 3 is 1.65 bits per heavy atom. The molecule has 37 heavy (non-hydrogen) atoms. The highest BCUT2D eigenvalue weighted by molar-refractivity contribution is 8.30. The van der Waals surface area contributed by atoms with E-state index in [1.807, 2.05) is 0 Å². The van der Waals surface area contributed by atoms with E-state index < -0.39 is 45.5 Å². The molecule has 0 heterocycles. The summed E-state index contributed by atoms with van der Waals surface area (Å²) in [6.45, 7) is 0. The molecular formula is C30H29F3O3S. The molecule has 4 saturated carbocycles. The zero-order valence-electron chi connectivity index (χ0n) is 20.2. The second-order valence-corrected chi connectivity index (χ2v) is 13.4. The first-order valence-electron chi connectivity index (χ1n) is 12.8. The smallest absolute Gasteiger partial charge is 0.391 e. The average molecular weight is 527 g/mol. The van der Waals surface area contributed by atoms with Crippen molar-refractivity contribution in [3.8, 4) is 0 Å². The lowest BCUT2D eigenvalue weighted by Crippen LogP contribution is -2.68. The van der Waals surface area contributed by atoms with E-state index in [1.54, 1.807) is 60.7 Å². The number of carbonyl (C=O) groups excluding carboxylic acids is 1. The molecule has 4 fully saturated rings. The van der Waals surface area contributed by atoms with Crippen molar-refractivity contribution in [2.45, 2.75) is 58.3 Å². The van der Waals surface area contributed by atoms with E-state index in [2.05, 4.69) is 0 Å². The van der Waals surface area contributed by atoms with E-state index in [0.29, 0.717) is 52.2 Å². The van der Waals surface area contributed by atoms with Crippen LogP contribution in [0.5, 0.6) is 0 Å². The number of rotatable bonds is 6. The molecule has 0 radical (unpaired) electrons. The first kappa shape index (κ1) is 24.6. The highest BCUT2D eigenvalue weighted by Crippen LogP contribution is 2.70. The van der Waals surface area contributed by atoms with Crippen LogP contribution in [-0.2, 0) is 8.98 Å². The van der Waals surface area contributed by atoms with Crippen molar-refractivity contribution in [3.63, 3.8) is 0 Å². The predicted molar refractivity (Wildman–Crippen MR) is 135 cm³/mol. The van der Waals surface area contributed by atoms with Gasteiger partial charge in [0, 0.05) is 14.7 Å². The van der Waals surface area contributed by atoms with E-state index in [-0.39, 0.29) is 0 Å². The van der Waals surface area contributed by atoms with Crippen LogP contribution in [0.2, 0.25) is 0 Å². The Bertz CT molecular complexity index is 1210. The van der Waals surface area contributed by atoms with Crippen molar-refractivity contribution in [2.75, 3.05) is 0 Å². The predicted octanol–water partition coefficient (Wildman–Crippen LogP) is 7.39.